The van der Waals surface area contributed by atoms with Gasteiger partial charge < -0.3 is 14.7 Å². The number of carbonyl (C=O) groups excluding carboxylic acids is 1. The molecule has 1 aromatic heterocycles. The Labute approximate surface area is 195 Å². The lowest BCUT2D eigenvalue weighted by atomic mass is 9.99. The van der Waals surface area contributed by atoms with Crippen LogP contribution in [0.1, 0.15) is 25.0 Å². The van der Waals surface area contributed by atoms with E-state index in [2.05, 4.69) is 4.98 Å². The molecule has 0 bridgehead atoms. The van der Waals surface area contributed by atoms with E-state index in [0.29, 0.717) is 29.3 Å². The van der Waals surface area contributed by atoms with Crippen molar-refractivity contribution in [1.82, 2.24) is 9.88 Å². The summed E-state index contributed by atoms with van der Waals surface area (Å²) in [6.45, 7) is -0.240. The zero-order valence-corrected chi connectivity index (χ0v) is 19.3. The van der Waals surface area contributed by atoms with Crippen LogP contribution in [-0.4, -0.2) is 60.2 Å². The lowest BCUT2D eigenvalue weighted by Crippen LogP contribution is -2.46. The summed E-state index contributed by atoms with van der Waals surface area (Å²) in [4.78, 5) is 30.7. The van der Waals surface area contributed by atoms with E-state index in [0.717, 1.165) is 4.90 Å². The highest BCUT2D eigenvalue weighted by atomic mass is 35.5. The topological polar surface area (TPSA) is 114 Å². The quantitative estimate of drug-likeness (QED) is 0.650. The first kappa shape index (κ1) is 22.8. The molecule has 1 amide bonds. The Kier molecular flexibility index (Phi) is 5.85. The van der Waals surface area contributed by atoms with Crippen molar-refractivity contribution in [2.45, 2.75) is 40.9 Å². The van der Waals surface area contributed by atoms with Gasteiger partial charge in [-0.3, -0.25) is 9.78 Å². The molecule has 1 saturated carbocycles. The van der Waals surface area contributed by atoms with Crippen LogP contribution in [0.4, 0.5) is 0 Å². The molecule has 0 unspecified atom stereocenters. The third kappa shape index (κ3) is 3.82. The molecule has 4 rings (SSSR count). The van der Waals surface area contributed by atoms with Crippen molar-refractivity contribution in [3.8, 4) is 5.75 Å². The Morgan fingerprint density at radius 2 is 1.94 bits per heavy atom. The number of halogens is 2. The number of hydrogen-bond acceptors (Lipinski definition) is 6. The van der Waals surface area contributed by atoms with E-state index in [1.165, 1.54) is 31.5 Å². The minimum atomic E-state index is -4.00. The van der Waals surface area contributed by atoms with E-state index < -0.39 is 38.4 Å². The van der Waals surface area contributed by atoms with Gasteiger partial charge in [-0.25, -0.2) is 13.2 Å². The largest absolute Gasteiger partial charge is 0.497 e. The molecular formula is C21H20Cl2N2O6S. The molecule has 2 heterocycles. The van der Waals surface area contributed by atoms with E-state index in [1.807, 2.05) is 0 Å². The van der Waals surface area contributed by atoms with E-state index in [4.69, 9.17) is 27.9 Å². The smallest absolute Gasteiger partial charge is 0.326 e. The highest BCUT2D eigenvalue weighted by Crippen LogP contribution is 2.50. The zero-order valence-electron chi connectivity index (χ0n) is 17.0. The highest BCUT2D eigenvalue weighted by molar-refractivity contribution is 7.92. The van der Waals surface area contributed by atoms with E-state index in [1.54, 1.807) is 12.1 Å². The van der Waals surface area contributed by atoms with Gasteiger partial charge in [0.25, 0.3) is 0 Å². The number of sulfone groups is 1. The van der Waals surface area contributed by atoms with E-state index >= 15 is 0 Å². The van der Waals surface area contributed by atoms with Crippen LogP contribution < -0.4 is 4.74 Å². The van der Waals surface area contributed by atoms with Crippen LogP contribution in [0.15, 0.2) is 41.4 Å². The molecule has 2 fully saturated rings. The van der Waals surface area contributed by atoms with Crippen molar-refractivity contribution in [2.75, 3.05) is 13.7 Å². The number of carboxylic acids is 1. The standard InChI is InChI=1S/C21H20Cl2N2O6S/c1-31-13-3-4-17(15(23)8-13)32(29,30)14-9-16(19(26)27)25(11-14)20(28)21(6-7-21)18-5-2-12(22)10-24-18/h2-5,8,10,14,16H,6-7,9,11H2,1H3,(H,26,27)/t14-,16+/m1/s1. The maximum absolute atomic E-state index is 13.4. The van der Waals surface area contributed by atoms with E-state index in [9.17, 15) is 23.1 Å². The van der Waals surface area contributed by atoms with Crippen LogP contribution in [0.2, 0.25) is 10.0 Å². The fraction of sp³-hybridized carbons (Fsp3) is 0.381. The molecule has 8 nitrogen and oxygen atoms in total. The molecule has 2 atom stereocenters. The molecular weight excluding hydrogens is 479 g/mol. The average molecular weight is 499 g/mol. The molecule has 170 valence electrons. The van der Waals surface area contributed by atoms with Gasteiger partial charge in [0, 0.05) is 18.8 Å². The van der Waals surface area contributed by atoms with Gasteiger partial charge in [0.05, 0.1) is 38.4 Å². The zero-order chi connectivity index (χ0) is 23.3. The number of rotatable bonds is 6. The molecule has 11 heteroatoms. The molecule has 1 aromatic carbocycles. The van der Waals surface area contributed by atoms with Gasteiger partial charge in [0.1, 0.15) is 11.8 Å². The third-order valence-corrected chi connectivity index (χ3v) is 8.91. The summed E-state index contributed by atoms with van der Waals surface area (Å²) >= 11 is 12.1. The van der Waals surface area contributed by atoms with Crippen molar-refractivity contribution in [3.05, 3.63) is 52.3 Å². The summed E-state index contributed by atoms with van der Waals surface area (Å²) in [7, 11) is -2.57. The molecule has 2 aromatic rings. The number of aromatic nitrogens is 1. The van der Waals surface area contributed by atoms with Gasteiger partial charge in [-0.15, -0.1) is 0 Å². The van der Waals surface area contributed by atoms with Crippen LogP contribution in [0, 0.1) is 0 Å². The molecule has 1 N–H and O–H groups in total. The first-order valence-corrected chi connectivity index (χ1v) is 12.1. The van der Waals surface area contributed by atoms with Gasteiger partial charge in [-0.05, 0) is 43.5 Å². The van der Waals surface area contributed by atoms with E-state index in [-0.39, 0.29) is 22.9 Å². The number of carbonyl (C=O) groups is 2. The average Bonchev–Trinajstić information content (AvgIpc) is 3.43. The Bertz CT molecular complexity index is 1180. The maximum atomic E-state index is 13.4. The predicted octanol–water partition coefficient (Wildman–Crippen LogP) is 2.96. The lowest BCUT2D eigenvalue weighted by molar-refractivity contribution is -0.149. The summed E-state index contributed by atoms with van der Waals surface area (Å²) < 4.78 is 31.6. The Hall–Kier alpha value is -2.36. The third-order valence-electron chi connectivity index (χ3n) is 6.07. The van der Waals surface area contributed by atoms with Gasteiger partial charge in [0.2, 0.25) is 5.91 Å². The number of methoxy groups -OCH3 is 1. The Morgan fingerprint density at radius 1 is 1.22 bits per heavy atom. The second-order valence-corrected chi connectivity index (χ2v) is 11.0. The second kappa shape index (κ2) is 8.20. The van der Waals surface area contributed by atoms with Crippen LogP contribution in [0.25, 0.3) is 0 Å². The number of aliphatic carboxylic acids is 1. The number of hydrogen-bond donors (Lipinski definition) is 1. The normalized spacial score (nSPS) is 21.9. The van der Waals surface area contributed by atoms with Crippen molar-refractivity contribution < 1.29 is 27.9 Å². The molecule has 1 aliphatic carbocycles. The van der Waals surface area contributed by atoms with Crippen molar-refractivity contribution in [2.24, 2.45) is 0 Å². The van der Waals surface area contributed by atoms with Gasteiger partial charge in [-0.1, -0.05) is 23.2 Å². The SMILES string of the molecule is COc1ccc(S(=O)(=O)[C@@H]2C[C@@H](C(=O)O)N(C(=O)C3(c4ccc(Cl)cn4)CC3)C2)c(Cl)c1. The number of amides is 1. The van der Waals surface area contributed by atoms with Crippen LogP contribution in [0.3, 0.4) is 0 Å². The monoisotopic (exact) mass is 498 g/mol. The molecule has 32 heavy (non-hydrogen) atoms. The molecule has 1 saturated heterocycles. The number of nitrogens with zero attached hydrogens (tertiary/aromatic N) is 2. The fourth-order valence-electron chi connectivity index (χ4n) is 4.14. The molecule has 0 radical (unpaired) electrons. The Morgan fingerprint density at radius 3 is 2.47 bits per heavy atom. The Balaban J connectivity index is 1.64. The summed E-state index contributed by atoms with van der Waals surface area (Å²) in [5.74, 6) is -1.29. The lowest BCUT2D eigenvalue weighted by Gasteiger charge is -2.26. The molecule has 1 aliphatic heterocycles. The fourth-order valence-corrected chi connectivity index (χ4v) is 6.48. The van der Waals surface area contributed by atoms with Crippen molar-refractivity contribution in [3.63, 3.8) is 0 Å². The first-order valence-electron chi connectivity index (χ1n) is 9.83. The first-order chi connectivity index (χ1) is 15.1. The van der Waals surface area contributed by atoms with Crippen LogP contribution >= 0.6 is 23.2 Å². The minimum absolute atomic E-state index is 0.0231. The van der Waals surface area contributed by atoms with Gasteiger partial charge in [0.15, 0.2) is 9.84 Å². The van der Waals surface area contributed by atoms with Crippen LogP contribution in [0.5, 0.6) is 5.75 Å². The number of benzene rings is 1. The van der Waals surface area contributed by atoms with Gasteiger partial charge >= 0.3 is 5.97 Å². The summed E-state index contributed by atoms with van der Waals surface area (Å²) in [5.41, 5.74) is -0.449. The van der Waals surface area contributed by atoms with Crippen LogP contribution in [-0.2, 0) is 24.8 Å². The van der Waals surface area contributed by atoms with Gasteiger partial charge in [-0.2, -0.15) is 0 Å². The molecule has 2 aliphatic rings. The van der Waals surface area contributed by atoms with Crippen molar-refractivity contribution in [1.29, 1.82) is 0 Å². The maximum Gasteiger partial charge on any atom is 0.326 e. The second-order valence-electron chi connectivity index (χ2n) is 7.95. The minimum Gasteiger partial charge on any atom is -0.497 e. The van der Waals surface area contributed by atoms with Crippen molar-refractivity contribution >= 4 is 44.9 Å². The summed E-state index contributed by atoms with van der Waals surface area (Å²) in [6, 6.07) is 6.18. The molecule has 0 spiro atoms. The predicted molar refractivity (Wildman–Crippen MR) is 117 cm³/mol. The summed E-state index contributed by atoms with van der Waals surface area (Å²) in [5, 5.41) is 9.03. The summed E-state index contributed by atoms with van der Waals surface area (Å²) in [6.07, 6.45) is 2.22. The number of pyridine rings is 1. The number of likely N-dealkylation sites (tertiary alicyclic amines) is 1. The number of ether oxygens (including phenoxy) is 1. The number of carboxylic acid groups (broad SMARTS) is 1. The highest BCUT2D eigenvalue weighted by Gasteiger charge is 2.58.